The number of nitrogen functional groups attached to an aromatic ring is 1. The first-order valence-electron chi connectivity index (χ1n) is 5.04. The van der Waals surface area contributed by atoms with Crippen molar-refractivity contribution in [3.05, 3.63) is 23.8 Å². The number of carboxylic acids is 1. The molecular formula is C11H11NO5. The van der Waals surface area contributed by atoms with E-state index in [1.807, 2.05) is 0 Å². The van der Waals surface area contributed by atoms with E-state index in [1.54, 1.807) is 0 Å². The molecule has 17 heavy (non-hydrogen) atoms. The standard InChI is InChI=1S/C11H11NO5/c12-6-1-2-8(7(5-6)10(13)14)17-9-3-4-16-11(9)15/h1-2,5,9H,3-4,12H2,(H,13,14). The van der Waals surface area contributed by atoms with Gasteiger partial charge in [0, 0.05) is 12.1 Å². The maximum Gasteiger partial charge on any atom is 0.347 e. The summed E-state index contributed by atoms with van der Waals surface area (Å²) >= 11 is 0. The van der Waals surface area contributed by atoms with Crippen LogP contribution in [0.1, 0.15) is 16.8 Å². The number of hydrogen-bond donors (Lipinski definition) is 2. The third-order valence-electron chi connectivity index (χ3n) is 2.39. The van der Waals surface area contributed by atoms with Crippen LogP contribution in [-0.4, -0.2) is 29.8 Å². The summed E-state index contributed by atoms with van der Waals surface area (Å²) in [7, 11) is 0. The number of nitrogens with two attached hydrogens (primary N) is 1. The molecule has 0 saturated carbocycles. The van der Waals surface area contributed by atoms with Crippen LogP contribution in [0.25, 0.3) is 0 Å². The molecule has 6 heteroatoms. The highest BCUT2D eigenvalue weighted by molar-refractivity contribution is 5.92. The van der Waals surface area contributed by atoms with Crippen molar-refractivity contribution < 1.29 is 24.2 Å². The third kappa shape index (κ3) is 2.30. The number of aromatic carboxylic acids is 1. The van der Waals surface area contributed by atoms with E-state index in [2.05, 4.69) is 0 Å². The van der Waals surface area contributed by atoms with Crippen LogP contribution in [0.3, 0.4) is 0 Å². The van der Waals surface area contributed by atoms with Crippen LogP contribution in [0.4, 0.5) is 5.69 Å². The molecule has 1 atom stereocenters. The molecule has 0 spiro atoms. The maximum absolute atomic E-state index is 11.2. The summed E-state index contributed by atoms with van der Waals surface area (Å²) in [6.45, 7) is 0.293. The van der Waals surface area contributed by atoms with Crippen molar-refractivity contribution in [2.75, 3.05) is 12.3 Å². The lowest BCUT2D eigenvalue weighted by atomic mass is 10.1. The highest BCUT2D eigenvalue weighted by Crippen LogP contribution is 2.24. The lowest BCUT2D eigenvalue weighted by Crippen LogP contribution is -2.22. The summed E-state index contributed by atoms with van der Waals surface area (Å²) in [5.74, 6) is -1.51. The van der Waals surface area contributed by atoms with Gasteiger partial charge in [-0.25, -0.2) is 9.59 Å². The van der Waals surface area contributed by atoms with E-state index < -0.39 is 18.0 Å². The first-order valence-corrected chi connectivity index (χ1v) is 5.04. The van der Waals surface area contributed by atoms with Crippen molar-refractivity contribution >= 4 is 17.6 Å². The highest BCUT2D eigenvalue weighted by atomic mass is 16.6. The molecule has 3 N–H and O–H groups in total. The number of hydrogen-bond acceptors (Lipinski definition) is 5. The molecule has 0 aromatic heterocycles. The fourth-order valence-electron chi connectivity index (χ4n) is 1.56. The molecule has 1 unspecified atom stereocenters. The Morgan fingerprint density at radius 3 is 2.88 bits per heavy atom. The zero-order valence-corrected chi connectivity index (χ0v) is 8.88. The van der Waals surface area contributed by atoms with Gasteiger partial charge in [0.05, 0.1) is 6.61 Å². The summed E-state index contributed by atoms with van der Waals surface area (Å²) in [5.41, 5.74) is 5.75. The van der Waals surface area contributed by atoms with Crippen molar-refractivity contribution in [2.24, 2.45) is 0 Å². The minimum Gasteiger partial charge on any atom is -0.478 e. The summed E-state index contributed by atoms with van der Waals surface area (Å²) in [5, 5.41) is 8.98. The molecule has 1 aromatic carbocycles. The summed E-state index contributed by atoms with van der Waals surface area (Å²) in [6, 6.07) is 4.24. The summed E-state index contributed by atoms with van der Waals surface area (Å²) in [4.78, 5) is 22.2. The van der Waals surface area contributed by atoms with Crippen LogP contribution in [0.15, 0.2) is 18.2 Å². The number of anilines is 1. The minimum atomic E-state index is -1.15. The van der Waals surface area contributed by atoms with E-state index in [1.165, 1.54) is 18.2 Å². The van der Waals surface area contributed by atoms with Gasteiger partial charge in [0.25, 0.3) is 0 Å². The van der Waals surface area contributed by atoms with Gasteiger partial charge in [-0.2, -0.15) is 0 Å². The normalized spacial score (nSPS) is 18.8. The number of carbonyl (C=O) groups excluding carboxylic acids is 1. The monoisotopic (exact) mass is 237 g/mol. The Kier molecular flexibility index (Phi) is 2.86. The first-order chi connectivity index (χ1) is 8.08. The lowest BCUT2D eigenvalue weighted by Gasteiger charge is -2.12. The average molecular weight is 237 g/mol. The molecule has 2 rings (SSSR count). The quantitative estimate of drug-likeness (QED) is 0.592. The van der Waals surface area contributed by atoms with Crippen molar-refractivity contribution in [3.8, 4) is 5.75 Å². The highest BCUT2D eigenvalue weighted by Gasteiger charge is 2.29. The largest absolute Gasteiger partial charge is 0.478 e. The van der Waals surface area contributed by atoms with Gasteiger partial charge in [0.1, 0.15) is 11.3 Å². The smallest absolute Gasteiger partial charge is 0.347 e. The van der Waals surface area contributed by atoms with Crippen molar-refractivity contribution in [2.45, 2.75) is 12.5 Å². The molecule has 0 amide bonds. The number of esters is 1. The Hall–Kier alpha value is -2.24. The number of ether oxygens (including phenoxy) is 2. The number of rotatable bonds is 3. The fourth-order valence-corrected chi connectivity index (χ4v) is 1.56. The van der Waals surface area contributed by atoms with E-state index in [4.69, 9.17) is 20.3 Å². The summed E-state index contributed by atoms with van der Waals surface area (Å²) < 4.78 is 10.0. The minimum absolute atomic E-state index is 0.0651. The van der Waals surface area contributed by atoms with Crippen LogP contribution < -0.4 is 10.5 Å². The van der Waals surface area contributed by atoms with Crippen LogP contribution >= 0.6 is 0 Å². The average Bonchev–Trinajstić information content (AvgIpc) is 2.67. The summed E-state index contributed by atoms with van der Waals surface area (Å²) in [6.07, 6.45) is -0.320. The molecule has 6 nitrogen and oxygen atoms in total. The van der Waals surface area contributed by atoms with E-state index in [9.17, 15) is 9.59 Å². The molecule has 1 fully saturated rings. The molecule has 0 aliphatic carbocycles. The van der Waals surface area contributed by atoms with Crippen molar-refractivity contribution in [1.82, 2.24) is 0 Å². The Balaban J connectivity index is 2.25. The number of cyclic esters (lactones) is 1. The third-order valence-corrected chi connectivity index (χ3v) is 2.39. The molecule has 0 radical (unpaired) electrons. The number of benzene rings is 1. The topological polar surface area (TPSA) is 98.9 Å². The van der Waals surface area contributed by atoms with Gasteiger partial charge in [0.15, 0.2) is 6.10 Å². The molecule has 90 valence electrons. The van der Waals surface area contributed by atoms with Gasteiger partial charge in [-0.3, -0.25) is 0 Å². The zero-order valence-electron chi connectivity index (χ0n) is 8.88. The van der Waals surface area contributed by atoms with Crippen molar-refractivity contribution in [1.29, 1.82) is 0 Å². The molecule has 1 saturated heterocycles. The molecule has 0 bridgehead atoms. The SMILES string of the molecule is Nc1ccc(OC2CCOC2=O)c(C(=O)O)c1. The maximum atomic E-state index is 11.2. The predicted octanol–water partition coefficient (Wildman–Crippen LogP) is 0.661. The molecule has 1 aliphatic rings. The van der Waals surface area contributed by atoms with E-state index in [-0.39, 0.29) is 11.3 Å². The van der Waals surface area contributed by atoms with Gasteiger partial charge < -0.3 is 20.3 Å². The van der Waals surface area contributed by atoms with Crippen LogP contribution in [0.5, 0.6) is 5.75 Å². The number of carboxylic acid groups (broad SMARTS) is 1. The van der Waals surface area contributed by atoms with E-state index in [0.717, 1.165) is 0 Å². The van der Waals surface area contributed by atoms with Crippen molar-refractivity contribution in [3.63, 3.8) is 0 Å². The zero-order chi connectivity index (χ0) is 12.4. The van der Waals surface area contributed by atoms with Gasteiger partial charge >= 0.3 is 11.9 Å². The van der Waals surface area contributed by atoms with Gasteiger partial charge in [-0.05, 0) is 18.2 Å². The van der Waals surface area contributed by atoms with Gasteiger partial charge in [0.2, 0.25) is 0 Å². The Morgan fingerprint density at radius 1 is 1.53 bits per heavy atom. The predicted molar refractivity (Wildman–Crippen MR) is 57.8 cm³/mol. The first kappa shape index (κ1) is 11.3. The number of carbonyl (C=O) groups is 2. The van der Waals surface area contributed by atoms with Crippen LogP contribution in [0.2, 0.25) is 0 Å². The van der Waals surface area contributed by atoms with Crippen LogP contribution in [-0.2, 0) is 9.53 Å². The second-order valence-corrected chi connectivity index (χ2v) is 3.62. The second-order valence-electron chi connectivity index (χ2n) is 3.62. The van der Waals surface area contributed by atoms with Crippen LogP contribution in [0, 0.1) is 0 Å². The molecule has 1 aromatic rings. The second kappa shape index (κ2) is 4.32. The molecule has 1 aliphatic heterocycles. The molecular weight excluding hydrogens is 226 g/mol. The van der Waals surface area contributed by atoms with E-state index in [0.29, 0.717) is 18.7 Å². The Labute approximate surface area is 96.9 Å². The molecule has 1 heterocycles. The Bertz CT molecular complexity index is 471. The fraction of sp³-hybridized carbons (Fsp3) is 0.273. The van der Waals surface area contributed by atoms with E-state index >= 15 is 0 Å². The van der Waals surface area contributed by atoms with Gasteiger partial charge in [-0.15, -0.1) is 0 Å². The Morgan fingerprint density at radius 2 is 2.29 bits per heavy atom. The van der Waals surface area contributed by atoms with Gasteiger partial charge in [-0.1, -0.05) is 0 Å². The lowest BCUT2D eigenvalue weighted by molar-refractivity contribution is -0.143.